The van der Waals surface area contributed by atoms with Gasteiger partial charge in [-0.25, -0.2) is 8.42 Å². The van der Waals surface area contributed by atoms with Crippen molar-refractivity contribution < 1.29 is 26.4 Å². The molecular formula is C13H28N2O5S. The minimum absolute atomic E-state index is 0.0287. The van der Waals surface area contributed by atoms with Gasteiger partial charge in [0, 0.05) is 6.42 Å². The molecule has 21 heavy (non-hydrogen) atoms. The first-order valence-electron chi connectivity index (χ1n) is 6.71. The van der Waals surface area contributed by atoms with Crippen LogP contribution in [0.4, 0.5) is 0 Å². The molecule has 0 spiro atoms. The summed E-state index contributed by atoms with van der Waals surface area (Å²) >= 11 is 0. The zero-order chi connectivity index (χ0) is 17.3. The van der Waals surface area contributed by atoms with Gasteiger partial charge in [-0.15, -0.1) is 0 Å². The fourth-order valence-corrected chi connectivity index (χ4v) is 1.80. The van der Waals surface area contributed by atoms with E-state index in [-0.39, 0.29) is 18.4 Å². The van der Waals surface area contributed by atoms with Gasteiger partial charge in [-0.1, -0.05) is 6.58 Å². The van der Waals surface area contributed by atoms with E-state index >= 15 is 0 Å². The summed E-state index contributed by atoms with van der Waals surface area (Å²) in [5, 5.41) is 0. The highest BCUT2D eigenvalue weighted by molar-refractivity contribution is 7.80. The molecule has 8 heteroatoms. The van der Waals surface area contributed by atoms with E-state index in [0.29, 0.717) is 16.6 Å². The maximum Gasteiger partial charge on any atom is 0.217 e. The van der Waals surface area contributed by atoms with Gasteiger partial charge < -0.3 is 14.8 Å². The van der Waals surface area contributed by atoms with Crippen LogP contribution >= 0.6 is 0 Å². The fraction of sp³-hybridized carbons (Fsp3) is 0.769. The fourth-order valence-electron chi connectivity index (χ4n) is 1.51. The summed E-state index contributed by atoms with van der Waals surface area (Å²) in [4.78, 5) is 11.7. The molecule has 0 amide bonds. The van der Waals surface area contributed by atoms with E-state index in [9.17, 15) is 17.8 Å². The quantitative estimate of drug-likeness (QED) is 0.300. The molecule has 0 aliphatic carbocycles. The smallest absolute Gasteiger partial charge is 0.217 e. The summed E-state index contributed by atoms with van der Waals surface area (Å²) < 4.78 is 32.7. The van der Waals surface area contributed by atoms with Gasteiger partial charge in [0.2, 0.25) is 16.2 Å². The maximum atomic E-state index is 11.7. The molecule has 1 atom stereocenters. The van der Waals surface area contributed by atoms with Crippen molar-refractivity contribution in [2.24, 2.45) is 5.73 Å². The normalized spacial score (nSPS) is 13.1. The molecule has 0 aromatic carbocycles. The summed E-state index contributed by atoms with van der Waals surface area (Å²) in [6.07, 6.45) is 0.945. The van der Waals surface area contributed by atoms with Crippen LogP contribution in [0, 0.1) is 0 Å². The number of carbonyl (C=O) groups is 1. The monoisotopic (exact) mass is 324 g/mol. The third-order valence-electron chi connectivity index (χ3n) is 3.05. The molecule has 7 nitrogen and oxygen atoms in total. The predicted molar refractivity (Wildman–Crippen MR) is 81.3 cm³/mol. The van der Waals surface area contributed by atoms with Gasteiger partial charge in [0.25, 0.3) is 0 Å². The number of likely N-dealkylation sites (N-methyl/N-ethyl adjacent to an activating group) is 1. The van der Waals surface area contributed by atoms with E-state index in [2.05, 4.69) is 24.9 Å². The molecule has 0 saturated heterocycles. The van der Waals surface area contributed by atoms with Crippen LogP contribution in [0.3, 0.4) is 0 Å². The van der Waals surface area contributed by atoms with Crippen molar-refractivity contribution >= 4 is 16.2 Å². The summed E-state index contributed by atoms with van der Waals surface area (Å²) in [5.41, 5.74) is 6.09. The zero-order valence-electron chi connectivity index (χ0n) is 13.6. The Labute approximate surface area is 128 Å². The van der Waals surface area contributed by atoms with Crippen LogP contribution in [-0.4, -0.2) is 63.1 Å². The number of Topliss-reactive ketones (excluding diaryl/α,β-unsaturated/α-hetero) is 1. The lowest BCUT2D eigenvalue weighted by atomic mass is 10.1. The van der Waals surface area contributed by atoms with Crippen LogP contribution in [-0.2, 0) is 19.4 Å². The summed E-state index contributed by atoms with van der Waals surface area (Å²) in [5.74, 6) is 0.145. The van der Waals surface area contributed by atoms with Crippen molar-refractivity contribution in [3.8, 4) is 0 Å². The second-order valence-electron chi connectivity index (χ2n) is 5.28. The van der Waals surface area contributed by atoms with Crippen LogP contribution < -0.4 is 5.73 Å². The molecule has 0 radical (unpaired) electrons. The summed E-state index contributed by atoms with van der Waals surface area (Å²) in [6, 6.07) is -0.0287. The van der Waals surface area contributed by atoms with Crippen LogP contribution in [0.2, 0.25) is 0 Å². The Morgan fingerprint density at radius 2 is 1.90 bits per heavy atom. The van der Waals surface area contributed by atoms with Crippen molar-refractivity contribution in [1.82, 2.24) is 0 Å². The van der Waals surface area contributed by atoms with Gasteiger partial charge in [0.15, 0.2) is 0 Å². The highest BCUT2D eigenvalue weighted by atomic mass is 32.3. The molecular weight excluding hydrogens is 296 g/mol. The first kappa shape index (κ1) is 22.5. The second-order valence-corrected chi connectivity index (χ2v) is 6.33. The standard InChI is InChI=1S/C11H23N2O.C2H6O4S/c1-9(2)11(14)10(3)13(4,5)8-6-7-12;1-2-6-7(3,4)5/h10H,1,6-8,12H2,2-5H3;2H2,1H3,(H,3,4,5)/q+1;/p-1. The van der Waals surface area contributed by atoms with Crippen LogP contribution in [0.5, 0.6) is 0 Å². The predicted octanol–water partition coefficient (Wildman–Crippen LogP) is 0.428. The van der Waals surface area contributed by atoms with Crippen molar-refractivity contribution in [2.75, 3.05) is 33.8 Å². The molecule has 0 saturated carbocycles. The van der Waals surface area contributed by atoms with Crippen molar-refractivity contribution in [1.29, 1.82) is 0 Å². The van der Waals surface area contributed by atoms with E-state index < -0.39 is 10.4 Å². The molecule has 0 rings (SSSR count). The summed E-state index contributed by atoms with van der Waals surface area (Å²) in [6.45, 7) is 10.3. The molecule has 2 N–H and O–H groups in total. The lowest BCUT2D eigenvalue weighted by Crippen LogP contribution is -2.52. The topological polar surface area (TPSA) is 110 Å². The largest absolute Gasteiger partial charge is 0.726 e. The SMILES string of the molecule is C=C(C)C(=O)C(C)[N+](C)(C)CCCN.CCOS(=O)(=O)[O-]. The Morgan fingerprint density at radius 3 is 2.14 bits per heavy atom. The lowest BCUT2D eigenvalue weighted by Gasteiger charge is -2.35. The highest BCUT2D eigenvalue weighted by Crippen LogP contribution is 2.11. The Morgan fingerprint density at radius 1 is 1.43 bits per heavy atom. The molecule has 0 aliphatic heterocycles. The highest BCUT2D eigenvalue weighted by Gasteiger charge is 2.29. The Kier molecular flexibility index (Phi) is 10.7. The molecule has 0 fully saturated rings. The summed E-state index contributed by atoms with van der Waals surface area (Å²) in [7, 11) is -0.311. The Hall–Kier alpha value is -0.800. The van der Waals surface area contributed by atoms with Crippen LogP contribution in [0.1, 0.15) is 27.2 Å². The van der Waals surface area contributed by atoms with E-state index in [0.717, 1.165) is 13.0 Å². The van der Waals surface area contributed by atoms with Gasteiger partial charge in [0.1, 0.15) is 6.04 Å². The van der Waals surface area contributed by atoms with Crippen LogP contribution in [0.25, 0.3) is 0 Å². The number of ketones is 1. The van der Waals surface area contributed by atoms with Gasteiger partial charge >= 0.3 is 0 Å². The van der Waals surface area contributed by atoms with E-state index in [4.69, 9.17) is 5.73 Å². The van der Waals surface area contributed by atoms with Crippen molar-refractivity contribution in [2.45, 2.75) is 33.2 Å². The third-order valence-corrected chi connectivity index (χ3v) is 3.57. The van der Waals surface area contributed by atoms with Gasteiger partial charge in [-0.3, -0.25) is 8.98 Å². The first-order chi connectivity index (χ1) is 9.39. The minimum atomic E-state index is -4.42. The average Bonchev–Trinajstić information content (AvgIpc) is 2.33. The average molecular weight is 324 g/mol. The van der Waals surface area contributed by atoms with Gasteiger partial charge in [-0.2, -0.15) is 0 Å². The molecule has 0 aliphatic rings. The van der Waals surface area contributed by atoms with E-state index in [1.165, 1.54) is 6.92 Å². The van der Waals surface area contributed by atoms with E-state index in [1.807, 2.05) is 6.92 Å². The number of quaternary nitrogens is 1. The Balaban J connectivity index is 0. The number of rotatable bonds is 8. The van der Waals surface area contributed by atoms with Gasteiger partial charge in [-0.05, 0) is 32.9 Å². The van der Waals surface area contributed by atoms with Crippen LogP contribution in [0.15, 0.2) is 12.2 Å². The maximum absolute atomic E-state index is 11.7. The lowest BCUT2D eigenvalue weighted by molar-refractivity contribution is -0.903. The molecule has 126 valence electrons. The minimum Gasteiger partial charge on any atom is -0.726 e. The number of nitrogens with two attached hydrogens (primary N) is 1. The van der Waals surface area contributed by atoms with E-state index in [1.54, 1.807) is 6.92 Å². The number of hydrogen-bond acceptors (Lipinski definition) is 6. The molecule has 0 bridgehead atoms. The molecule has 0 aromatic heterocycles. The second kappa shape index (κ2) is 10.0. The molecule has 1 unspecified atom stereocenters. The molecule has 0 heterocycles. The van der Waals surface area contributed by atoms with Crippen molar-refractivity contribution in [3.63, 3.8) is 0 Å². The first-order valence-corrected chi connectivity index (χ1v) is 8.05. The third kappa shape index (κ3) is 11.5. The number of hydrogen-bond donors (Lipinski definition) is 1. The number of carbonyl (C=O) groups excluding carboxylic acids is 1. The Bertz CT molecular complexity index is 432. The zero-order valence-corrected chi connectivity index (χ0v) is 14.4. The van der Waals surface area contributed by atoms with Crippen molar-refractivity contribution in [3.05, 3.63) is 12.2 Å². The number of nitrogens with zero attached hydrogens (tertiary/aromatic N) is 1. The van der Waals surface area contributed by atoms with Gasteiger partial charge in [0.05, 0.1) is 27.2 Å². The molecule has 0 aromatic rings.